The van der Waals surface area contributed by atoms with Gasteiger partial charge in [-0.05, 0) is 25.1 Å². The number of nitrogens with zero attached hydrogens (tertiary/aromatic N) is 2. The minimum Gasteiger partial charge on any atom is -0.497 e. The zero-order chi connectivity index (χ0) is 16.2. The molecule has 0 bridgehead atoms. The summed E-state index contributed by atoms with van der Waals surface area (Å²) in [6.07, 6.45) is 0. The van der Waals surface area contributed by atoms with Crippen LogP contribution < -0.4 is 10.5 Å². The van der Waals surface area contributed by atoms with Crippen molar-refractivity contribution in [3.63, 3.8) is 0 Å². The van der Waals surface area contributed by atoms with Crippen molar-refractivity contribution in [1.82, 2.24) is 9.97 Å². The lowest BCUT2D eigenvalue weighted by Crippen LogP contribution is -2.09. The van der Waals surface area contributed by atoms with Crippen LogP contribution in [0, 0.1) is 6.92 Å². The largest absolute Gasteiger partial charge is 0.497 e. The molecule has 0 aliphatic carbocycles. The van der Waals surface area contributed by atoms with Crippen molar-refractivity contribution in [2.45, 2.75) is 17.0 Å². The maximum Gasteiger partial charge on any atom is 0.189 e. The van der Waals surface area contributed by atoms with Gasteiger partial charge in [0, 0.05) is 17.5 Å². The van der Waals surface area contributed by atoms with Gasteiger partial charge in [0.05, 0.1) is 17.8 Å². The first kappa shape index (κ1) is 16.6. The van der Waals surface area contributed by atoms with Crippen molar-refractivity contribution < 1.29 is 13.2 Å². The lowest BCUT2D eigenvalue weighted by Gasteiger charge is -2.06. The smallest absolute Gasteiger partial charge is 0.189 e. The fraction of sp³-hybridized carbons (Fsp3) is 0.286. The summed E-state index contributed by atoms with van der Waals surface area (Å²) in [6, 6.07) is 8.10. The predicted octanol–water partition coefficient (Wildman–Crippen LogP) is 1.94. The minimum atomic E-state index is -3.37. The molecule has 1 heterocycles. The molecule has 0 spiro atoms. The molecule has 118 valence electrons. The summed E-state index contributed by atoms with van der Waals surface area (Å²) in [5, 5.41) is 0.485. The molecule has 0 unspecified atom stereocenters. The molecule has 1 aromatic heterocycles. The Balaban J connectivity index is 2.03. The SMILES string of the molecule is COc1cccc(S(=O)(=O)CCSc2nc(C)cc(N)n2)c1. The number of hydrogen-bond donors (Lipinski definition) is 1. The van der Waals surface area contributed by atoms with Gasteiger partial charge in [-0.2, -0.15) is 0 Å². The van der Waals surface area contributed by atoms with Gasteiger partial charge in [0.1, 0.15) is 11.6 Å². The van der Waals surface area contributed by atoms with Gasteiger partial charge in [-0.15, -0.1) is 0 Å². The summed E-state index contributed by atoms with van der Waals surface area (Å²) in [7, 11) is -1.87. The van der Waals surface area contributed by atoms with E-state index in [0.29, 0.717) is 22.5 Å². The van der Waals surface area contributed by atoms with Crippen molar-refractivity contribution in [3.8, 4) is 5.75 Å². The fourth-order valence-electron chi connectivity index (χ4n) is 1.78. The Morgan fingerprint density at radius 3 is 2.73 bits per heavy atom. The Morgan fingerprint density at radius 1 is 1.27 bits per heavy atom. The maximum absolute atomic E-state index is 12.3. The average molecular weight is 339 g/mol. The molecule has 0 amide bonds. The summed E-state index contributed by atoms with van der Waals surface area (Å²) in [4.78, 5) is 8.53. The lowest BCUT2D eigenvalue weighted by atomic mass is 10.3. The number of ether oxygens (including phenoxy) is 1. The van der Waals surface area contributed by atoms with E-state index in [1.165, 1.54) is 24.9 Å². The van der Waals surface area contributed by atoms with Crippen LogP contribution in [0.1, 0.15) is 5.69 Å². The summed E-state index contributed by atoms with van der Waals surface area (Å²) < 4.78 is 29.6. The first-order valence-corrected chi connectivity index (χ1v) is 9.15. The summed E-state index contributed by atoms with van der Waals surface area (Å²) >= 11 is 1.27. The first-order chi connectivity index (χ1) is 10.4. The van der Waals surface area contributed by atoms with Gasteiger partial charge in [-0.1, -0.05) is 17.8 Å². The van der Waals surface area contributed by atoms with Gasteiger partial charge in [-0.25, -0.2) is 18.4 Å². The molecule has 0 aliphatic heterocycles. The molecular formula is C14H17N3O3S2. The van der Waals surface area contributed by atoms with Crippen LogP contribution in [-0.2, 0) is 9.84 Å². The number of aryl methyl sites for hydroxylation is 1. The van der Waals surface area contributed by atoms with E-state index >= 15 is 0 Å². The number of rotatable bonds is 6. The van der Waals surface area contributed by atoms with E-state index in [4.69, 9.17) is 10.5 Å². The number of methoxy groups -OCH3 is 1. The minimum absolute atomic E-state index is 0.0119. The predicted molar refractivity (Wildman–Crippen MR) is 87.0 cm³/mol. The van der Waals surface area contributed by atoms with Crippen LogP contribution in [0.5, 0.6) is 5.75 Å². The molecule has 0 fully saturated rings. The Labute approximate surface area is 134 Å². The van der Waals surface area contributed by atoms with Crippen LogP contribution >= 0.6 is 11.8 Å². The standard InChI is InChI=1S/C14H17N3O3S2/c1-10-8-13(15)17-14(16-10)21-6-7-22(18,19)12-5-3-4-11(9-12)20-2/h3-5,8-9H,6-7H2,1-2H3,(H2,15,16,17). The van der Waals surface area contributed by atoms with Gasteiger partial charge in [-0.3, -0.25) is 0 Å². The quantitative estimate of drug-likeness (QED) is 0.634. The van der Waals surface area contributed by atoms with Crippen molar-refractivity contribution in [2.75, 3.05) is 24.3 Å². The van der Waals surface area contributed by atoms with Crippen LogP contribution in [0.4, 0.5) is 5.82 Å². The number of nitrogens with two attached hydrogens (primary N) is 1. The molecule has 2 N–H and O–H groups in total. The Hall–Kier alpha value is -1.80. The van der Waals surface area contributed by atoms with Crippen molar-refractivity contribution in [3.05, 3.63) is 36.0 Å². The summed E-state index contributed by atoms with van der Waals surface area (Å²) in [6.45, 7) is 1.81. The third-order valence-electron chi connectivity index (χ3n) is 2.84. The van der Waals surface area contributed by atoms with E-state index in [2.05, 4.69) is 9.97 Å². The zero-order valence-corrected chi connectivity index (χ0v) is 13.9. The second-order valence-electron chi connectivity index (χ2n) is 4.56. The zero-order valence-electron chi connectivity index (χ0n) is 12.3. The highest BCUT2D eigenvalue weighted by atomic mass is 32.2. The summed E-state index contributed by atoms with van der Waals surface area (Å²) in [5.74, 6) is 1.24. The van der Waals surface area contributed by atoms with E-state index in [-0.39, 0.29) is 10.6 Å². The molecule has 0 atom stereocenters. The van der Waals surface area contributed by atoms with Gasteiger partial charge < -0.3 is 10.5 Å². The fourth-order valence-corrected chi connectivity index (χ4v) is 4.37. The van der Waals surface area contributed by atoms with E-state index in [1.807, 2.05) is 6.92 Å². The van der Waals surface area contributed by atoms with Gasteiger partial charge in [0.15, 0.2) is 15.0 Å². The van der Waals surface area contributed by atoms with Gasteiger partial charge in [0.25, 0.3) is 0 Å². The molecule has 0 radical (unpaired) electrons. The maximum atomic E-state index is 12.3. The van der Waals surface area contributed by atoms with E-state index in [1.54, 1.807) is 24.3 Å². The number of thioether (sulfide) groups is 1. The van der Waals surface area contributed by atoms with Crippen LogP contribution in [0.2, 0.25) is 0 Å². The highest BCUT2D eigenvalue weighted by molar-refractivity contribution is 8.00. The number of nitrogen functional groups attached to an aromatic ring is 1. The topological polar surface area (TPSA) is 95.2 Å². The molecule has 2 aromatic rings. The third kappa shape index (κ3) is 4.35. The molecule has 0 aliphatic rings. The van der Waals surface area contributed by atoms with Crippen molar-refractivity contribution >= 4 is 27.4 Å². The molecular weight excluding hydrogens is 322 g/mol. The summed E-state index contributed by atoms with van der Waals surface area (Å²) in [5.41, 5.74) is 6.40. The molecule has 1 aromatic carbocycles. The van der Waals surface area contributed by atoms with Crippen molar-refractivity contribution in [1.29, 1.82) is 0 Å². The van der Waals surface area contributed by atoms with Gasteiger partial charge in [0.2, 0.25) is 0 Å². The van der Waals surface area contributed by atoms with Crippen molar-refractivity contribution in [2.24, 2.45) is 0 Å². The Morgan fingerprint density at radius 2 is 2.05 bits per heavy atom. The second-order valence-corrected chi connectivity index (χ2v) is 7.73. The van der Waals surface area contributed by atoms with Crippen LogP contribution in [0.25, 0.3) is 0 Å². The highest BCUT2D eigenvalue weighted by Gasteiger charge is 2.15. The number of hydrogen-bond acceptors (Lipinski definition) is 7. The van der Waals surface area contributed by atoms with Crippen LogP contribution in [0.15, 0.2) is 40.4 Å². The van der Waals surface area contributed by atoms with Crippen LogP contribution in [-0.4, -0.2) is 37.0 Å². The molecule has 6 nitrogen and oxygen atoms in total. The molecule has 2 rings (SSSR count). The van der Waals surface area contributed by atoms with Crippen LogP contribution in [0.3, 0.4) is 0 Å². The molecule has 0 saturated carbocycles. The normalized spacial score (nSPS) is 11.4. The highest BCUT2D eigenvalue weighted by Crippen LogP contribution is 2.21. The van der Waals surface area contributed by atoms with E-state index in [0.717, 1.165) is 5.69 Å². The molecule has 22 heavy (non-hydrogen) atoms. The number of anilines is 1. The monoisotopic (exact) mass is 339 g/mol. The molecule has 0 saturated heterocycles. The second kappa shape index (κ2) is 6.97. The number of benzene rings is 1. The number of sulfone groups is 1. The third-order valence-corrected chi connectivity index (χ3v) is 5.66. The first-order valence-electron chi connectivity index (χ1n) is 6.51. The van der Waals surface area contributed by atoms with E-state index in [9.17, 15) is 8.42 Å². The Kier molecular flexibility index (Phi) is 5.25. The number of aromatic nitrogens is 2. The Bertz CT molecular complexity index is 743. The lowest BCUT2D eigenvalue weighted by molar-refractivity contribution is 0.413. The average Bonchev–Trinajstić information content (AvgIpc) is 2.46. The molecule has 8 heteroatoms. The van der Waals surface area contributed by atoms with Gasteiger partial charge >= 0.3 is 0 Å². The van der Waals surface area contributed by atoms with E-state index < -0.39 is 9.84 Å².